The molecular weight excluding hydrogens is 350 g/mol. The van der Waals surface area contributed by atoms with E-state index in [1.807, 2.05) is 11.3 Å². The molecule has 0 spiro atoms. The zero-order chi connectivity index (χ0) is 18.3. The standard InChI is InChI=1S/C18H19N5O2S/c1-3-4-5-16-20-21-17-12-19-18-15(23(16)17)10-11-22(18)26(24,25)14-8-6-13(2)7-9-14/h6-12H,3-5H2,1-2H3. The minimum Gasteiger partial charge on any atom is -0.274 e. The predicted octanol–water partition coefficient (Wildman–Crippen LogP) is 2.97. The van der Waals surface area contributed by atoms with Crippen molar-refractivity contribution in [2.75, 3.05) is 0 Å². The molecule has 3 heterocycles. The van der Waals surface area contributed by atoms with Gasteiger partial charge >= 0.3 is 0 Å². The molecule has 0 saturated heterocycles. The van der Waals surface area contributed by atoms with Gasteiger partial charge in [0.15, 0.2) is 11.3 Å². The summed E-state index contributed by atoms with van der Waals surface area (Å²) in [5.74, 6) is 0.819. The minimum absolute atomic E-state index is 0.234. The first-order valence-corrected chi connectivity index (χ1v) is 9.98. The van der Waals surface area contributed by atoms with Crippen molar-refractivity contribution in [1.82, 2.24) is 23.6 Å². The minimum atomic E-state index is -3.72. The molecule has 4 aromatic rings. The molecular formula is C18H19N5O2S. The van der Waals surface area contributed by atoms with Crippen LogP contribution in [0.4, 0.5) is 0 Å². The molecule has 26 heavy (non-hydrogen) atoms. The Labute approximate surface area is 151 Å². The predicted molar refractivity (Wildman–Crippen MR) is 98.7 cm³/mol. The highest BCUT2D eigenvalue weighted by atomic mass is 32.2. The molecule has 0 radical (unpaired) electrons. The fraction of sp³-hybridized carbons (Fsp3) is 0.278. The van der Waals surface area contributed by atoms with Crippen LogP contribution in [0.2, 0.25) is 0 Å². The molecule has 0 fully saturated rings. The molecule has 0 amide bonds. The Kier molecular flexibility index (Phi) is 3.99. The van der Waals surface area contributed by atoms with Gasteiger partial charge in [-0.3, -0.25) is 4.40 Å². The third kappa shape index (κ3) is 2.57. The van der Waals surface area contributed by atoms with Crippen LogP contribution in [0.3, 0.4) is 0 Å². The third-order valence-electron chi connectivity index (χ3n) is 4.44. The van der Waals surface area contributed by atoms with E-state index in [2.05, 4.69) is 22.1 Å². The van der Waals surface area contributed by atoms with E-state index >= 15 is 0 Å². The number of unbranched alkanes of at least 4 members (excludes halogenated alkanes) is 1. The number of hydrogen-bond acceptors (Lipinski definition) is 5. The lowest BCUT2D eigenvalue weighted by atomic mass is 10.2. The second kappa shape index (κ2) is 6.21. The summed E-state index contributed by atoms with van der Waals surface area (Å²) in [5.41, 5.74) is 2.69. The molecule has 0 aliphatic heterocycles. The lowest BCUT2D eigenvalue weighted by molar-refractivity contribution is 0.588. The van der Waals surface area contributed by atoms with Crippen molar-refractivity contribution in [3.8, 4) is 0 Å². The van der Waals surface area contributed by atoms with Crippen molar-refractivity contribution in [3.05, 3.63) is 54.1 Å². The van der Waals surface area contributed by atoms with Gasteiger partial charge < -0.3 is 0 Å². The number of fused-ring (bicyclic) bond motifs is 3. The molecule has 0 unspecified atom stereocenters. The van der Waals surface area contributed by atoms with E-state index in [1.54, 1.807) is 36.5 Å². The number of nitrogens with zero attached hydrogens (tertiary/aromatic N) is 5. The monoisotopic (exact) mass is 369 g/mol. The van der Waals surface area contributed by atoms with Gasteiger partial charge in [-0.2, -0.15) is 0 Å². The Hall–Kier alpha value is -2.74. The van der Waals surface area contributed by atoms with Crippen LogP contribution in [0, 0.1) is 6.92 Å². The molecule has 1 aromatic carbocycles. The van der Waals surface area contributed by atoms with E-state index in [0.29, 0.717) is 16.8 Å². The van der Waals surface area contributed by atoms with E-state index in [-0.39, 0.29) is 4.90 Å². The van der Waals surface area contributed by atoms with Crippen LogP contribution < -0.4 is 0 Å². The summed E-state index contributed by atoms with van der Waals surface area (Å²) in [5, 5.41) is 8.39. The highest BCUT2D eigenvalue weighted by Crippen LogP contribution is 2.23. The number of aryl methyl sites for hydroxylation is 2. The van der Waals surface area contributed by atoms with Crippen LogP contribution >= 0.6 is 0 Å². The Morgan fingerprint density at radius 1 is 1.08 bits per heavy atom. The van der Waals surface area contributed by atoms with Crippen molar-refractivity contribution < 1.29 is 8.42 Å². The lowest BCUT2D eigenvalue weighted by Crippen LogP contribution is -2.12. The van der Waals surface area contributed by atoms with Gasteiger partial charge in [-0.15, -0.1) is 10.2 Å². The molecule has 0 bridgehead atoms. The highest BCUT2D eigenvalue weighted by Gasteiger charge is 2.21. The van der Waals surface area contributed by atoms with Crippen LogP contribution in [0.15, 0.2) is 47.6 Å². The number of aromatic nitrogens is 5. The Bertz CT molecular complexity index is 1190. The van der Waals surface area contributed by atoms with Gasteiger partial charge in [-0.25, -0.2) is 17.4 Å². The summed E-state index contributed by atoms with van der Waals surface area (Å²) in [6, 6.07) is 8.54. The fourth-order valence-corrected chi connectivity index (χ4v) is 4.30. The lowest BCUT2D eigenvalue weighted by Gasteiger charge is -2.08. The van der Waals surface area contributed by atoms with Crippen LogP contribution in [-0.2, 0) is 16.4 Å². The maximum absolute atomic E-state index is 13.0. The van der Waals surface area contributed by atoms with Gasteiger partial charge in [0.25, 0.3) is 10.0 Å². The molecule has 4 rings (SSSR count). The van der Waals surface area contributed by atoms with Gasteiger partial charge in [-0.1, -0.05) is 31.0 Å². The van der Waals surface area contributed by atoms with E-state index in [4.69, 9.17) is 0 Å². The molecule has 0 aliphatic carbocycles. The molecule has 0 aliphatic rings. The quantitative estimate of drug-likeness (QED) is 0.540. The highest BCUT2D eigenvalue weighted by molar-refractivity contribution is 7.90. The number of benzene rings is 1. The first-order valence-electron chi connectivity index (χ1n) is 8.54. The van der Waals surface area contributed by atoms with E-state index < -0.39 is 10.0 Å². The second-order valence-corrected chi connectivity index (χ2v) is 8.13. The van der Waals surface area contributed by atoms with Crippen molar-refractivity contribution in [2.45, 2.75) is 38.0 Å². The first kappa shape index (κ1) is 16.7. The molecule has 0 atom stereocenters. The summed E-state index contributed by atoms with van der Waals surface area (Å²) in [6.07, 6.45) is 5.92. The second-order valence-electron chi connectivity index (χ2n) is 6.31. The molecule has 0 N–H and O–H groups in total. The molecule has 8 heteroatoms. The topological polar surface area (TPSA) is 82.2 Å². The van der Waals surface area contributed by atoms with Gasteiger partial charge in [0.1, 0.15) is 5.82 Å². The summed E-state index contributed by atoms with van der Waals surface area (Å²) >= 11 is 0. The normalized spacial score (nSPS) is 12.2. The fourth-order valence-electron chi connectivity index (χ4n) is 3.00. The summed E-state index contributed by atoms with van der Waals surface area (Å²) in [7, 11) is -3.72. The van der Waals surface area contributed by atoms with E-state index in [1.165, 1.54) is 10.2 Å². The maximum Gasteiger partial charge on any atom is 0.269 e. The van der Waals surface area contributed by atoms with E-state index in [9.17, 15) is 8.42 Å². The van der Waals surface area contributed by atoms with Crippen LogP contribution in [-0.4, -0.2) is 32.0 Å². The Balaban J connectivity index is 1.91. The molecule has 134 valence electrons. The number of hydrogen-bond donors (Lipinski definition) is 0. The summed E-state index contributed by atoms with van der Waals surface area (Å²) < 4.78 is 29.2. The number of rotatable bonds is 5. The average molecular weight is 369 g/mol. The largest absolute Gasteiger partial charge is 0.274 e. The van der Waals surface area contributed by atoms with Gasteiger partial charge in [0.2, 0.25) is 0 Å². The van der Waals surface area contributed by atoms with Crippen molar-refractivity contribution >= 4 is 26.8 Å². The molecule has 3 aromatic heterocycles. The van der Waals surface area contributed by atoms with E-state index in [0.717, 1.165) is 30.7 Å². The van der Waals surface area contributed by atoms with Crippen molar-refractivity contribution in [3.63, 3.8) is 0 Å². The summed E-state index contributed by atoms with van der Waals surface area (Å²) in [4.78, 5) is 4.57. The Morgan fingerprint density at radius 3 is 2.58 bits per heavy atom. The third-order valence-corrected chi connectivity index (χ3v) is 6.12. The maximum atomic E-state index is 13.0. The van der Waals surface area contributed by atoms with Gasteiger partial charge in [0, 0.05) is 12.6 Å². The molecule has 7 nitrogen and oxygen atoms in total. The smallest absolute Gasteiger partial charge is 0.269 e. The average Bonchev–Trinajstić information content (AvgIpc) is 3.24. The Morgan fingerprint density at radius 2 is 1.85 bits per heavy atom. The zero-order valence-corrected chi connectivity index (χ0v) is 15.4. The van der Waals surface area contributed by atoms with Crippen LogP contribution in [0.1, 0.15) is 31.2 Å². The van der Waals surface area contributed by atoms with Gasteiger partial charge in [0.05, 0.1) is 16.6 Å². The molecule has 0 saturated carbocycles. The zero-order valence-electron chi connectivity index (χ0n) is 14.6. The summed E-state index contributed by atoms with van der Waals surface area (Å²) in [6.45, 7) is 4.04. The van der Waals surface area contributed by atoms with Crippen LogP contribution in [0.5, 0.6) is 0 Å². The first-order chi connectivity index (χ1) is 12.5. The van der Waals surface area contributed by atoms with Crippen LogP contribution in [0.25, 0.3) is 16.8 Å². The SMILES string of the molecule is CCCCc1nnc2cnc3c(ccn3S(=O)(=O)c3ccc(C)cc3)n12. The van der Waals surface area contributed by atoms with Crippen molar-refractivity contribution in [2.24, 2.45) is 0 Å². The van der Waals surface area contributed by atoms with Gasteiger partial charge in [-0.05, 0) is 31.5 Å². The van der Waals surface area contributed by atoms with Crippen molar-refractivity contribution in [1.29, 1.82) is 0 Å².